The quantitative estimate of drug-likeness (QED) is 0.868. The van der Waals surface area contributed by atoms with Crippen molar-refractivity contribution in [3.63, 3.8) is 0 Å². The van der Waals surface area contributed by atoms with Crippen molar-refractivity contribution in [3.05, 3.63) is 30.1 Å². The Hall–Kier alpha value is -1.46. The topological polar surface area (TPSA) is 48.5 Å². The normalized spacial score (nSPS) is 17.7. The number of nitrogens with one attached hydrogen (secondary N) is 1. The number of carbonyl (C=O) groups excluding carboxylic acids is 1. The average Bonchev–Trinajstić information content (AvgIpc) is 2.51. The molecule has 0 bridgehead atoms. The van der Waals surface area contributed by atoms with E-state index in [1.54, 1.807) is 6.20 Å². The van der Waals surface area contributed by atoms with Crippen molar-refractivity contribution in [2.75, 3.05) is 39.3 Å². The number of carbonyl (C=O) groups is 1. The molecule has 5 nitrogen and oxygen atoms in total. The molecule has 1 aromatic heterocycles. The minimum absolute atomic E-state index is 0.185. The van der Waals surface area contributed by atoms with Gasteiger partial charge in [0.15, 0.2) is 0 Å². The molecule has 1 atom stereocenters. The van der Waals surface area contributed by atoms with Gasteiger partial charge >= 0.3 is 0 Å². The molecule has 1 amide bonds. The van der Waals surface area contributed by atoms with E-state index in [0.29, 0.717) is 0 Å². The van der Waals surface area contributed by atoms with Crippen LogP contribution in [-0.2, 0) is 4.79 Å². The maximum Gasteiger partial charge on any atom is 0.244 e. The zero-order chi connectivity index (χ0) is 14.4. The molecule has 110 valence electrons. The Bertz CT molecular complexity index is 413. The molecule has 2 heterocycles. The molecule has 0 radical (unpaired) electrons. The van der Waals surface area contributed by atoms with Crippen LogP contribution in [0.25, 0.3) is 0 Å². The van der Waals surface area contributed by atoms with E-state index in [-0.39, 0.29) is 11.9 Å². The zero-order valence-corrected chi connectivity index (χ0v) is 12.4. The first-order valence-corrected chi connectivity index (χ1v) is 7.41. The number of hydrogen-bond donors (Lipinski definition) is 1. The van der Waals surface area contributed by atoms with Crippen LogP contribution in [-0.4, -0.2) is 60.0 Å². The summed E-state index contributed by atoms with van der Waals surface area (Å²) in [5.41, 5.74) is 0.992. The van der Waals surface area contributed by atoms with Gasteiger partial charge in [0.05, 0.1) is 0 Å². The van der Waals surface area contributed by atoms with Gasteiger partial charge in [-0.25, -0.2) is 0 Å². The lowest BCUT2D eigenvalue weighted by Crippen LogP contribution is -2.50. The highest BCUT2D eigenvalue weighted by Gasteiger charge is 2.31. The summed E-state index contributed by atoms with van der Waals surface area (Å²) in [7, 11) is 0. The number of nitrogens with zero attached hydrogens (tertiary/aromatic N) is 3. The molecular weight excluding hydrogens is 252 g/mol. The molecule has 1 aromatic rings. The Morgan fingerprint density at radius 3 is 2.65 bits per heavy atom. The molecule has 20 heavy (non-hydrogen) atoms. The van der Waals surface area contributed by atoms with E-state index in [1.807, 2.05) is 37.1 Å². The number of hydrogen-bond acceptors (Lipinski definition) is 4. The third-order valence-electron chi connectivity index (χ3n) is 3.83. The third-order valence-corrected chi connectivity index (χ3v) is 3.83. The summed E-state index contributed by atoms with van der Waals surface area (Å²) in [6.45, 7) is 9.21. The minimum atomic E-state index is -0.203. The number of aromatic nitrogens is 1. The first kappa shape index (κ1) is 14.9. The smallest absolute Gasteiger partial charge is 0.244 e. The van der Waals surface area contributed by atoms with Gasteiger partial charge in [0.2, 0.25) is 5.91 Å². The predicted octanol–water partition coefficient (Wildman–Crippen LogP) is 0.896. The maximum absolute atomic E-state index is 12.8. The van der Waals surface area contributed by atoms with E-state index >= 15 is 0 Å². The summed E-state index contributed by atoms with van der Waals surface area (Å²) in [5.74, 6) is 0.185. The standard InChI is InChI=1S/C15H24N4O/c1-3-18(4-2)15(20)14(13-6-5-7-17-12-13)19-10-8-16-9-11-19/h5-7,12,14,16H,3-4,8-11H2,1-2H3. The van der Waals surface area contributed by atoms with Crippen LogP contribution in [0.3, 0.4) is 0 Å². The van der Waals surface area contributed by atoms with Gasteiger partial charge in [-0.05, 0) is 25.5 Å². The Kier molecular flexibility index (Phi) is 5.49. The van der Waals surface area contributed by atoms with Crippen molar-refractivity contribution >= 4 is 5.91 Å². The van der Waals surface area contributed by atoms with Crippen molar-refractivity contribution in [2.24, 2.45) is 0 Å². The lowest BCUT2D eigenvalue weighted by molar-refractivity contribution is -0.137. The Morgan fingerprint density at radius 2 is 2.10 bits per heavy atom. The van der Waals surface area contributed by atoms with E-state index in [0.717, 1.165) is 44.8 Å². The fraction of sp³-hybridized carbons (Fsp3) is 0.600. The fourth-order valence-corrected chi connectivity index (χ4v) is 2.70. The number of piperazine rings is 1. The molecule has 0 aliphatic carbocycles. The van der Waals surface area contributed by atoms with E-state index in [4.69, 9.17) is 0 Å². The van der Waals surface area contributed by atoms with Crippen molar-refractivity contribution in [1.82, 2.24) is 20.1 Å². The minimum Gasteiger partial charge on any atom is -0.342 e. The Labute approximate surface area is 121 Å². The molecule has 1 aliphatic rings. The molecule has 0 spiro atoms. The predicted molar refractivity (Wildman–Crippen MR) is 79.3 cm³/mol. The molecular formula is C15H24N4O. The summed E-state index contributed by atoms with van der Waals surface area (Å²) in [6, 6.07) is 3.70. The first-order valence-electron chi connectivity index (χ1n) is 7.41. The summed E-state index contributed by atoms with van der Waals surface area (Å²) in [6.07, 6.45) is 3.56. The maximum atomic E-state index is 12.8. The molecule has 1 saturated heterocycles. The summed E-state index contributed by atoms with van der Waals surface area (Å²) in [4.78, 5) is 21.2. The Balaban J connectivity index is 2.26. The molecule has 1 aliphatic heterocycles. The molecule has 0 aromatic carbocycles. The molecule has 1 N–H and O–H groups in total. The van der Waals surface area contributed by atoms with Crippen molar-refractivity contribution in [1.29, 1.82) is 0 Å². The number of amides is 1. The van der Waals surface area contributed by atoms with E-state index in [9.17, 15) is 4.79 Å². The van der Waals surface area contributed by atoms with Gasteiger partial charge in [-0.1, -0.05) is 6.07 Å². The highest BCUT2D eigenvalue weighted by Crippen LogP contribution is 2.23. The van der Waals surface area contributed by atoms with Crippen LogP contribution in [0.4, 0.5) is 0 Å². The van der Waals surface area contributed by atoms with E-state index in [2.05, 4.69) is 15.2 Å². The van der Waals surface area contributed by atoms with Crippen LogP contribution in [0.5, 0.6) is 0 Å². The lowest BCUT2D eigenvalue weighted by Gasteiger charge is -2.36. The van der Waals surface area contributed by atoms with Crippen LogP contribution in [0.15, 0.2) is 24.5 Å². The van der Waals surface area contributed by atoms with Crippen molar-refractivity contribution < 1.29 is 4.79 Å². The second kappa shape index (κ2) is 7.36. The second-order valence-electron chi connectivity index (χ2n) is 4.99. The van der Waals surface area contributed by atoms with Crippen LogP contribution >= 0.6 is 0 Å². The van der Waals surface area contributed by atoms with Crippen LogP contribution in [0, 0.1) is 0 Å². The van der Waals surface area contributed by atoms with Gasteiger partial charge in [-0.2, -0.15) is 0 Å². The average molecular weight is 276 g/mol. The van der Waals surface area contributed by atoms with Gasteiger partial charge in [0.1, 0.15) is 6.04 Å². The van der Waals surface area contributed by atoms with Crippen LogP contribution < -0.4 is 5.32 Å². The molecule has 1 fully saturated rings. The number of likely N-dealkylation sites (N-methyl/N-ethyl adjacent to an activating group) is 1. The van der Waals surface area contributed by atoms with Gasteiger partial charge in [-0.3, -0.25) is 14.7 Å². The van der Waals surface area contributed by atoms with E-state index in [1.165, 1.54) is 0 Å². The van der Waals surface area contributed by atoms with Gasteiger partial charge in [0.25, 0.3) is 0 Å². The van der Waals surface area contributed by atoms with Crippen LogP contribution in [0.1, 0.15) is 25.5 Å². The number of pyridine rings is 1. The van der Waals surface area contributed by atoms with Crippen molar-refractivity contribution in [3.8, 4) is 0 Å². The fourth-order valence-electron chi connectivity index (χ4n) is 2.70. The molecule has 5 heteroatoms. The van der Waals surface area contributed by atoms with Crippen LogP contribution in [0.2, 0.25) is 0 Å². The summed E-state index contributed by atoms with van der Waals surface area (Å²) in [5, 5.41) is 3.33. The second-order valence-corrected chi connectivity index (χ2v) is 4.99. The van der Waals surface area contributed by atoms with Crippen molar-refractivity contribution in [2.45, 2.75) is 19.9 Å². The lowest BCUT2D eigenvalue weighted by atomic mass is 10.0. The first-order chi connectivity index (χ1) is 9.77. The van der Waals surface area contributed by atoms with Gasteiger partial charge < -0.3 is 10.2 Å². The zero-order valence-electron chi connectivity index (χ0n) is 12.4. The Morgan fingerprint density at radius 1 is 1.40 bits per heavy atom. The van der Waals surface area contributed by atoms with Gasteiger partial charge in [0, 0.05) is 51.7 Å². The monoisotopic (exact) mass is 276 g/mol. The highest BCUT2D eigenvalue weighted by atomic mass is 16.2. The summed E-state index contributed by atoms with van der Waals surface area (Å²) >= 11 is 0. The molecule has 0 saturated carbocycles. The number of rotatable bonds is 5. The largest absolute Gasteiger partial charge is 0.342 e. The SMILES string of the molecule is CCN(CC)C(=O)C(c1cccnc1)N1CCNCC1. The third kappa shape index (κ3) is 3.35. The molecule has 2 rings (SSSR count). The summed E-state index contributed by atoms with van der Waals surface area (Å²) < 4.78 is 0. The molecule has 1 unspecified atom stereocenters. The van der Waals surface area contributed by atoms with E-state index < -0.39 is 0 Å². The highest BCUT2D eigenvalue weighted by molar-refractivity contribution is 5.83. The van der Waals surface area contributed by atoms with Gasteiger partial charge in [-0.15, -0.1) is 0 Å².